The van der Waals surface area contributed by atoms with Crippen molar-refractivity contribution >= 4 is 10.2 Å². The SMILES string of the molecule is Cc1cc(-c2ccc(OC[C@H]3COCC[C@@H]3NS(=O)(=O)N(C)C)cc2)nn1C. The van der Waals surface area contributed by atoms with Crippen molar-refractivity contribution in [3.63, 3.8) is 0 Å². The van der Waals surface area contributed by atoms with E-state index in [1.54, 1.807) is 0 Å². The highest BCUT2D eigenvalue weighted by atomic mass is 32.2. The van der Waals surface area contributed by atoms with E-state index >= 15 is 0 Å². The number of aromatic nitrogens is 2. The van der Waals surface area contributed by atoms with E-state index < -0.39 is 10.2 Å². The molecule has 28 heavy (non-hydrogen) atoms. The lowest BCUT2D eigenvalue weighted by Crippen LogP contribution is -2.50. The predicted octanol–water partition coefficient (Wildman–Crippen LogP) is 1.58. The number of nitrogens with zero attached hydrogens (tertiary/aromatic N) is 3. The van der Waals surface area contributed by atoms with Gasteiger partial charge in [-0.3, -0.25) is 4.68 Å². The molecule has 9 heteroatoms. The van der Waals surface area contributed by atoms with Gasteiger partial charge in [0.25, 0.3) is 10.2 Å². The Bertz CT molecular complexity index is 874. The normalized spacial score (nSPS) is 20.5. The molecule has 1 fully saturated rings. The van der Waals surface area contributed by atoms with E-state index in [0.29, 0.717) is 26.2 Å². The number of aryl methyl sites for hydroxylation is 2. The average molecular weight is 409 g/mol. The first-order valence-corrected chi connectivity index (χ1v) is 10.7. The minimum atomic E-state index is -3.49. The fourth-order valence-corrected chi connectivity index (χ4v) is 3.94. The van der Waals surface area contributed by atoms with Crippen LogP contribution in [-0.4, -0.2) is 62.5 Å². The Kier molecular flexibility index (Phi) is 6.39. The summed E-state index contributed by atoms with van der Waals surface area (Å²) in [5.74, 6) is 0.679. The number of hydrogen-bond donors (Lipinski definition) is 1. The van der Waals surface area contributed by atoms with Crippen molar-refractivity contribution in [2.24, 2.45) is 13.0 Å². The van der Waals surface area contributed by atoms with E-state index in [2.05, 4.69) is 9.82 Å². The van der Waals surface area contributed by atoms with Gasteiger partial charge in [0.05, 0.1) is 18.9 Å². The van der Waals surface area contributed by atoms with Crippen LogP contribution >= 0.6 is 0 Å². The fourth-order valence-electron chi connectivity index (χ4n) is 3.04. The van der Waals surface area contributed by atoms with Crippen LogP contribution in [0.5, 0.6) is 5.75 Å². The van der Waals surface area contributed by atoms with Crippen LogP contribution in [0.4, 0.5) is 0 Å². The Labute approximate surface area is 166 Å². The van der Waals surface area contributed by atoms with Gasteiger partial charge in [0.1, 0.15) is 5.75 Å². The number of hydrogen-bond acceptors (Lipinski definition) is 5. The summed E-state index contributed by atoms with van der Waals surface area (Å²) in [5, 5.41) is 4.48. The molecule has 0 unspecified atom stereocenters. The average Bonchev–Trinajstić information content (AvgIpc) is 3.00. The smallest absolute Gasteiger partial charge is 0.279 e. The number of benzene rings is 1. The zero-order valence-electron chi connectivity index (χ0n) is 16.8. The second-order valence-corrected chi connectivity index (χ2v) is 9.18. The van der Waals surface area contributed by atoms with E-state index in [-0.39, 0.29) is 12.0 Å². The summed E-state index contributed by atoms with van der Waals surface area (Å²) in [6.07, 6.45) is 0.624. The molecular weight excluding hydrogens is 380 g/mol. The molecule has 0 amide bonds. The third-order valence-electron chi connectivity index (χ3n) is 4.98. The van der Waals surface area contributed by atoms with Gasteiger partial charge in [-0.25, -0.2) is 0 Å². The summed E-state index contributed by atoms with van der Waals surface area (Å²) in [5.41, 5.74) is 3.04. The van der Waals surface area contributed by atoms with E-state index in [0.717, 1.165) is 22.7 Å². The number of rotatable bonds is 7. The Hall–Kier alpha value is -1.94. The highest BCUT2D eigenvalue weighted by Crippen LogP contribution is 2.23. The molecule has 3 rings (SSSR count). The Balaban J connectivity index is 1.62. The summed E-state index contributed by atoms with van der Waals surface area (Å²) in [4.78, 5) is 0. The molecule has 0 radical (unpaired) electrons. The van der Waals surface area contributed by atoms with Crippen molar-refractivity contribution in [2.75, 3.05) is 33.9 Å². The molecule has 1 saturated heterocycles. The second-order valence-electron chi connectivity index (χ2n) is 7.27. The van der Waals surface area contributed by atoms with Crippen LogP contribution in [0.15, 0.2) is 30.3 Å². The summed E-state index contributed by atoms with van der Waals surface area (Å²) >= 11 is 0. The first-order valence-electron chi connectivity index (χ1n) is 9.27. The van der Waals surface area contributed by atoms with Crippen LogP contribution < -0.4 is 9.46 Å². The largest absolute Gasteiger partial charge is 0.493 e. The van der Waals surface area contributed by atoms with Crippen molar-refractivity contribution in [3.8, 4) is 17.0 Å². The molecule has 1 aromatic carbocycles. The molecular formula is C19H28N4O4S. The highest BCUT2D eigenvalue weighted by Gasteiger charge is 2.30. The molecule has 1 aromatic heterocycles. The summed E-state index contributed by atoms with van der Waals surface area (Å²) in [6.45, 7) is 3.39. The van der Waals surface area contributed by atoms with Crippen LogP contribution in [0.1, 0.15) is 12.1 Å². The maximum absolute atomic E-state index is 12.1. The lowest BCUT2D eigenvalue weighted by molar-refractivity contribution is 0.0183. The molecule has 2 aromatic rings. The minimum absolute atomic E-state index is 0.0541. The van der Waals surface area contributed by atoms with Gasteiger partial charge in [0.15, 0.2) is 0 Å². The van der Waals surface area contributed by atoms with Crippen LogP contribution in [0, 0.1) is 12.8 Å². The van der Waals surface area contributed by atoms with Crippen molar-refractivity contribution in [2.45, 2.75) is 19.4 Å². The molecule has 1 aliphatic rings. The highest BCUT2D eigenvalue weighted by molar-refractivity contribution is 7.87. The lowest BCUT2D eigenvalue weighted by Gasteiger charge is -2.32. The van der Waals surface area contributed by atoms with Crippen molar-refractivity contribution in [1.82, 2.24) is 18.8 Å². The predicted molar refractivity (Wildman–Crippen MR) is 107 cm³/mol. The molecule has 0 bridgehead atoms. The van der Waals surface area contributed by atoms with Crippen molar-refractivity contribution < 1.29 is 17.9 Å². The first-order chi connectivity index (χ1) is 13.3. The second kappa shape index (κ2) is 8.60. The summed E-state index contributed by atoms with van der Waals surface area (Å²) < 4.78 is 41.5. The van der Waals surface area contributed by atoms with Gasteiger partial charge in [0, 0.05) is 51.0 Å². The number of nitrogens with one attached hydrogen (secondary N) is 1. The van der Waals surface area contributed by atoms with Gasteiger partial charge in [-0.05, 0) is 43.7 Å². The molecule has 8 nitrogen and oxygen atoms in total. The monoisotopic (exact) mass is 408 g/mol. The van der Waals surface area contributed by atoms with Crippen LogP contribution in [0.3, 0.4) is 0 Å². The first kappa shape index (κ1) is 20.8. The van der Waals surface area contributed by atoms with Gasteiger partial charge in [-0.1, -0.05) is 0 Å². The molecule has 2 heterocycles. The summed E-state index contributed by atoms with van der Waals surface area (Å²) in [6, 6.07) is 9.58. The molecule has 0 spiro atoms. The van der Waals surface area contributed by atoms with Crippen LogP contribution in [0.25, 0.3) is 11.3 Å². The maximum atomic E-state index is 12.1. The van der Waals surface area contributed by atoms with Crippen LogP contribution in [0.2, 0.25) is 0 Å². The Morgan fingerprint density at radius 3 is 2.64 bits per heavy atom. The van der Waals surface area contributed by atoms with Gasteiger partial charge >= 0.3 is 0 Å². The van der Waals surface area contributed by atoms with E-state index in [1.165, 1.54) is 18.4 Å². The van der Waals surface area contributed by atoms with Gasteiger partial charge < -0.3 is 9.47 Å². The Morgan fingerprint density at radius 2 is 2.04 bits per heavy atom. The third kappa shape index (κ3) is 4.91. The van der Waals surface area contributed by atoms with E-state index in [1.807, 2.05) is 49.0 Å². The molecule has 1 N–H and O–H groups in total. The molecule has 2 atom stereocenters. The zero-order chi connectivity index (χ0) is 20.3. The molecule has 0 saturated carbocycles. The topological polar surface area (TPSA) is 85.7 Å². The summed E-state index contributed by atoms with van der Waals surface area (Å²) in [7, 11) is 1.46. The van der Waals surface area contributed by atoms with E-state index in [4.69, 9.17) is 9.47 Å². The number of ether oxygens (including phenoxy) is 2. The Morgan fingerprint density at radius 1 is 1.32 bits per heavy atom. The van der Waals surface area contributed by atoms with Crippen molar-refractivity contribution in [3.05, 3.63) is 36.0 Å². The van der Waals surface area contributed by atoms with Gasteiger partial charge in [-0.2, -0.15) is 22.5 Å². The minimum Gasteiger partial charge on any atom is -0.493 e. The molecule has 154 valence electrons. The van der Waals surface area contributed by atoms with E-state index in [9.17, 15) is 8.42 Å². The molecule has 1 aliphatic heterocycles. The van der Waals surface area contributed by atoms with Gasteiger partial charge in [0.2, 0.25) is 0 Å². The quantitative estimate of drug-likeness (QED) is 0.752. The fraction of sp³-hybridized carbons (Fsp3) is 0.526. The zero-order valence-corrected chi connectivity index (χ0v) is 17.6. The molecule has 0 aliphatic carbocycles. The van der Waals surface area contributed by atoms with Crippen molar-refractivity contribution in [1.29, 1.82) is 0 Å². The maximum Gasteiger partial charge on any atom is 0.279 e. The van der Waals surface area contributed by atoms with Gasteiger partial charge in [-0.15, -0.1) is 0 Å². The third-order valence-corrected chi connectivity index (χ3v) is 6.55. The van der Waals surface area contributed by atoms with Crippen LogP contribution in [-0.2, 0) is 22.0 Å². The standard InChI is InChI=1S/C19H28N4O4S/c1-14-11-19(20-23(14)4)15-5-7-17(8-6-15)27-13-16-12-26-10-9-18(16)21-28(24,25)22(2)3/h5-8,11,16,18,21H,9-10,12-13H2,1-4H3/t16-,18+/m1/s1. The lowest BCUT2D eigenvalue weighted by atomic mass is 9.98.